The molecule has 0 aromatic heterocycles. The van der Waals surface area contributed by atoms with Gasteiger partial charge in [-0.05, 0) is 46.2 Å². The van der Waals surface area contributed by atoms with Gasteiger partial charge >= 0.3 is 12.0 Å². The van der Waals surface area contributed by atoms with Crippen molar-refractivity contribution in [3.63, 3.8) is 0 Å². The molecule has 1 aliphatic carbocycles. The lowest BCUT2D eigenvalue weighted by molar-refractivity contribution is -0.148. The predicted molar refractivity (Wildman–Crippen MR) is 75.6 cm³/mol. The van der Waals surface area contributed by atoms with Crippen molar-refractivity contribution >= 4 is 12.0 Å². The molecule has 2 amide bonds. The van der Waals surface area contributed by atoms with Crippen molar-refractivity contribution in [1.29, 1.82) is 0 Å². The minimum absolute atomic E-state index is 0.246. The molecule has 3 N–H and O–H groups in total. The minimum atomic E-state index is -0.832. The normalized spacial score (nSPS) is 34.1. The number of aliphatic carboxylic acids is 1. The molecule has 1 saturated heterocycles. The smallest absolute Gasteiger partial charge is 0.315 e. The summed E-state index contributed by atoms with van der Waals surface area (Å²) in [5.74, 6) is -0.823. The second-order valence-electron chi connectivity index (χ2n) is 6.30. The lowest BCUT2D eigenvalue weighted by atomic mass is 9.85. The molecule has 0 radical (unpaired) electrons. The van der Waals surface area contributed by atoms with Crippen LogP contribution in [0.2, 0.25) is 0 Å². The number of nitrogens with one attached hydrogen (secondary N) is 2. The summed E-state index contributed by atoms with van der Waals surface area (Å²) in [5.41, 5.74) is -0.832. The highest BCUT2D eigenvalue weighted by molar-refractivity contribution is 5.79. The van der Waals surface area contributed by atoms with E-state index in [0.29, 0.717) is 19.0 Å². The fourth-order valence-corrected chi connectivity index (χ4v) is 3.31. The Morgan fingerprint density at radius 1 is 1.35 bits per heavy atom. The number of likely N-dealkylation sites (tertiary alicyclic amines) is 1. The molecule has 6 nitrogen and oxygen atoms in total. The van der Waals surface area contributed by atoms with Gasteiger partial charge in [0.25, 0.3) is 0 Å². The molecular formula is C14H25N3O3. The van der Waals surface area contributed by atoms with E-state index in [-0.39, 0.29) is 12.1 Å². The quantitative estimate of drug-likeness (QED) is 0.719. The summed E-state index contributed by atoms with van der Waals surface area (Å²) in [5, 5.41) is 15.0. The molecule has 1 saturated carbocycles. The number of urea groups is 1. The van der Waals surface area contributed by atoms with E-state index >= 15 is 0 Å². The Morgan fingerprint density at radius 3 is 2.70 bits per heavy atom. The van der Waals surface area contributed by atoms with Gasteiger partial charge in [-0.25, -0.2) is 4.79 Å². The molecule has 0 spiro atoms. The van der Waals surface area contributed by atoms with Crippen molar-refractivity contribution in [3.05, 3.63) is 0 Å². The molecule has 114 valence electrons. The van der Waals surface area contributed by atoms with Gasteiger partial charge in [-0.2, -0.15) is 0 Å². The van der Waals surface area contributed by atoms with E-state index in [1.807, 2.05) is 0 Å². The highest BCUT2D eigenvalue weighted by Crippen LogP contribution is 2.38. The van der Waals surface area contributed by atoms with E-state index in [9.17, 15) is 14.7 Å². The van der Waals surface area contributed by atoms with Gasteiger partial charge < -0.3 is 20.6 Å². The van der Waals surface area contributed by atoms with Crippen LogP contribution in [0.25, 0.3) is 0 Å². The molecule has 3 unspecified atom stereocenters. The largest absolute Gasteiger partial charge is 0.481 e. The number of carboxylic acid groups (broad SMARTS) is 1. The summed E-state index contributed by atoms with van der Waals surface area (Å²) in [6.45, 7) is 3.42. The highest BCUT2D eigenvalue weighted by atomic mass is 16.4. The number of carbonyl (C=O) groups excluding carboxylic acids is 1. The number of nitrogens with zero attached hydrogens (tertiary/aromatic N) is 1. The van der Waals surface area contributed by atoms with Crippen LogP contribution in [-0.4, -0.2) is 54.2 Å². The molecule has 20 heavy (non-hydrogen) atoms. The number of rotatable bonds is 4. The molecule has 0 aromatic rings. The van der Waals surface area contributed by atoms with Crippen LogP contribution < -0.4 is 10.6 Å². The van der Waals surface area contributed by atoms with E-state index < -0.39 is 11.4 Å². The summed E-state index contributed by atoms with van der Waals surface area (Å²) < 4.78 is 0. The van der Waals surface area contributed by atoms with Crippen LogP contribution >= 0.6 is 0 Å². The maximum absolute atomic E-state index is 11.9. The summed E-state index contributed by atoms with van der Waals surface area (Å²) in [6, 6.07) is -0.124. The van der Waals surface area contributed by atoms with Gasteiger partial charge in [0.15, 0.2) is 0 Å². The Balaban J connectivity index is 1.81. The predicted octanol–water partition coefficient (Wildman–Crippen LogP) is 1.02. The first-order valence-electron chi connectivity index (χ1n) is 7.41. The summed E-state index contributed by atoms with van der Waals surface area (Å²) in [7, 11) is 2.07. The monoisotopic (exact) mass is 283 g/mol. The van der Waals surface area contributed by atoms with Gasteiger partial charge in [-0.1, -0.05) is 6.42 Å². The topological polar surface area (TPSA) is 81.7 Å². The lowest BCUT2D eigenvalue weighted by Gasteiger charge is -2.28. The third-order valence-electron chi connectivity index (χ3n) is 4.92. The van der Waals surface area contributed by atoms with Crippen molar-refractivity contribution in [2.45, 2.75) is 51.1 Å². The van der Waals surface area contributed by atoms with Gasteiger partial charge in [0.2, 0.25) is 0 Å². The number of carbonyl (C=O) groups is 2. The zero-order valence-electron chi connectivity index (χ0n) is 12.3. The summed E-state index contributed by atoms with van der Waals surface area (Å²) >= 11 is 0. The van der Waals surface area contributed by atoms with Gasteiger partial charge in [0.05, 0.1) is 5.41 Å². The molecular weight excluding hydrogens is 258 g/mol. The van der Waals surface area contributed by atoms with Crippen LogP contribution in [0, 0.1) is 5.41 Å². The summed E-state index contributed by atoms with van der Waals surface area (Å²) in [4.78, 5) is 25.5. The molecule has 3 atom stereocenters. The number of amides is 2. The molecule has 2 rings (SSSR count). The van der Waals surface area contributed by atoms with Crippen LogP contribution in [0.1, 0.15) is 39.0 Å². The molecule has 1 heterocycles. The van der Waals surface area contributed by atoms with E-state index in [1.54, 1.807) is 6.92 Å². The van der Waals surface area contributed by atoms with Crippen LogP contribution in [-0.2, 0) is 4.79 Å². The minimum Gasteiger partial charge on any atom is -0.481 e. The summed E-state index contributed by atoms with van der Waals surface area (Å²) in [6.07, 6.45) is 4.48. The number of likely N-dealkylation sites (N-methyl/N-ethyl adjacent to an activating group) is 1. The van der Waals surface area contributed by atoms with E-state index in [1.165, 1.54) is 6.42 Å². The maximum Gasteiger partial charge on any atom is 0.315 e. The zero-order chi connectivity index (χ0) is 14.8. The van der Waals surface area contributed by atoms with Crippen molar-refractivity contribution in [3.8, 4) is 0 Å². The first kappa shape index (κ1) is 15.1. The van der Waals surface area contributed by atoms with E-state index in [2.05, 4.69) is 22.6 Å². The Labute approximate surface area is 119 Å². The van der Waals surface area contributed by atoms with E-state index in [0.717, 1.165) is 25.8 Å². The first-order chi connectivity index (χ1) is 9.43. The Bertz CT molecular complexity index is 388. The first-order valence-corrected chi connectivity index (χ1v) is 7.41. The Kier molecular flexibility index (Phi) is 4.52. The molecule has 1 aliphatic heterocycles. The molecule has 6 heteroatoms. The SMILES string of the molecule is CN1CCCC1CNC(=O)NC1CCCC1(C)C(=O)O. The zero-order valence-corrected chi connectivity index (χ0v) is 12.3. The van der Waals surface area contributed by atoms with Crippen LogP contribution in [0.3, 0.4) is 0 Å². The fourth-order valence-electron chi connectivity index (χ4n) is 3.31. The van der Waals surface area contributed by atoms with Gasteiger partial charge in [-0.3, -0.25) is 4.79 Å². The molecule has 2 aliphatic rings. The van der Waals surface area contributed by atoms with Crippen molar-refractivity contribution in [1.82, 2.24) is 15.5 Å². The second kappa shape index (κ2) is 5.99. The van der Waals surface area contributed by atoms with Gasteiger partial charge in [0.1, 0.15) is 0 Å². The molecule has 0 aromatic carbocycles. The average Bonchev–Trinajstić information content (AvgIpc) is 2.95. The Hall–Kier alpha value is -1.30. The van der Waals surface area contributed by atoms with E-state index in [4.69, 9.17) is 0 Å². The number of hydrogen-bond donors (Lipinski definition) is 3. The van der Waals surface area contributed by atoms with Crippen molar-refractivity contribution < 1.29 is 14.7 Å². The third-order valence-corrected chi connectivity index (χ3v) is 4.92. The number of carboxylic acids is 1. The van der Waals surface area contributed by atoms with Crippen LogP contribution in [0.15, 0.2) is 0 Å². The maximum atomic E-state index is 11.9. The van der Waals surface area contributed by atoms with Gasteiger partial charge in [-0.15, -0.1) is 0 Å². The van der Waals surface area contributed by atoms with Crippen LogP contribution in [0.5, 0.6) is 0 Å². The Morgan fingerprint density at radius 2 is 2.10 bits per heavy atom. The van der Waals surface area contributed by atoms with Crippen LogP contribution in [0.4, 0.5) is 4.79 Å². The number of hydrogen-bond acceptors (Lipinski definition) is 3. The lowest BCUT2D eigenvalue weighted by Crippen LogP contribution is -2.51. The average molecular weight is 283 g/mol. The van der Waals surface area contributed by atoms with Crippen molar-refractivity contribution in [2.24, 2.45) is 5.41 Å². The third kappa shape index (κ3) is 3.06. The second-order valence-corrected chi connectivity index (χ2v) is 6.30. The fraction of sp³-hybridized carbons (Fsp3) is 0.857. The highest BCUT2D eigenvalue weighted by Gasteiger charge is 2.45. The molecule has 0 bridgehead atoms. The standard InChI is InChI=1S/C14H25N3O3/c1-14(12(18)19)7-3-6-11(14)16-13(20)15-9-10-5-4-8-17(10)2/h10-11H,3-9H2,1-2H3,(H,18,19)(H2,15,16,20). The van der Waals surface area contributed by atoms with Gasteiger partial charge in [0, 0.05) is 18.6 Å². The molecule has 2 fully saturated rings. The van der Waals surface area contributed by atoms with Crippen molar-refractivity contribution in [2.75, 3.05) is 20.1 Å².